The number of fused-ring (bicyclic) bond motifs is 2. The minimum atomic E-state index is 0.292. The molecule has 0 saturated heterocycles. The third-order valence-electron chi connectivity index (χ3n) is 7.43. The molecule has 0 bridgehead atoms. The van der Waals surface area contributed by atoms with Crippen molar-refractivity contribution in [3.05, 3.63) is 156 Å². The minimum absolute atomic E-state index is 0.292. The van der Waals surface area contributed by atoms with Gasteiger partial charge < -0.3 is 0 Å². The third-order valence-corrected chi connectivity index (χ3v) is 10.1. The monoisotopic (exact) mass is 552 g/mol. The van der Waals surface area contributed by atoms with E-state index in [9.17, 15) is 0 Å². The van der Waals surface area contributed by atoms with E-state index in [-0.39, 0.29) is 0 Å². The molecule has 7 rings (SSSR count). The summed E-state index contributed by atoms with van der Waals surface area (Å²) in [5.41, 5.74) is 9.48. The molecule has 194 valence electrons. The van der Waals surface area contributed by atoms with Crippen molar-refractivity contribution in [3.8, 4) is 0 Å². The molecule has 0 N–H and O–H groups in total. The van der Waals surface area contributed by atoms with Gasteiger partial charge in [-0.15, -0.1) is 23.5 Å². The summed E-state index contributed by atoms with van der Waals surface area (Å²) >= 11 is 3.85. The summed E-state index contributed by atoms with van der Waals surface area (Å²) in [5.74, 6) is 0. The average molecular weight is 553 g/mol. The predicted octanol–water partition coefficient (Wildman–Crippen LogP) is 10.4. The van der Waals surface area contributed by atoms with Crippen LogP contribution in [-0.4, -0.2) is 11.4 Å². The van der Waals surface area contributed by atoms with Crippen molar-refractivity contribution in [2.24, 2.45) is 9.98 Å². The molecule has 0 aliphatic carbocycles. The molecule has 2 aliphatic rings. The van der Waals surface area contributed by atoms with E-state index in [1.165, 1.54) is 32.0 Å². The van der Waals surface area contributed by atoms with Crippen molar-refractivity contribution < 1.29 is 0 Å². The normalized spacial score (nSPS) is 18.4. The van der Waals surface area contributed by atoms with Crippen molar-refractivity contribution in [3.63, 3.8) is 0 Å². The second-order valence-corrected chi connectivity index (χ2v) is 12.6. The van der Waals surface area contributed by atoms with Crippen molar-refractivity contribution in [2.75, 3.05) is 0 Å². The largest absolute Gasteiger partial charge is 0.252 e. The average Bonchev–Trinajstić information content (AvgIpc) is 3.35. The Morgan fingerprint density at radius 2 is 0.800 bits per heavy atom. The fourth-order valence-corrected chi connectivity index (χ4v) is 7.81. The molecule has 0 radical (unpaired) electrons. The number of benzene rings is 5. The Balaban J connectivity index is 1.20. The highest BCUT2D eigenvalue weighted by Gasteiger charge is 2.25. The summed E-state index contributed by atoms with van der Waals surface area (Å²) in [6, 6.07) is 47.6. The van der Waals surface area contributed by atoms with Gasteiger partial charge in [-0.05, 0) is 46.5 Å². The van der Waals surface area contributed by atoms with E-state index in [0.29, 0.717) is 10.5 Å². The summed E-state index contributed by atoms with van der Waals surface area (Å²) in [6.07, 6.45) is 1.78. The van der Waals surface area contributed by atoms with Gasteiger partial charge in [-0.1, -0.05) is 109 Å². The molecule has 2 atom stereocenters. The van der Waals surface area contributed by atoms with Crippen molar-refractivity contribution >= 4 is 46.3 Å². The highest BCUT2D eigenvalue weighted by molar-refractivity contribution is 8.00. The van der Waals surface area contributed by atoms with Gasteiger partial charge in [0.15, 0.2) is 0 Å². The molecule has 4 heteroatoms. The number of para-hydroxylation sites is 2. The first-order valence-electron chi connectivity index (χ1n) is 13.7. The standard InChI is InChI=1S/C36H28N2S2/c1-3-11-25(12-4-1)31-23-35(39-33-17-9-7-15-29(33)37-31)27-19-21-28(22-20-27)36-24-32(26-13-5-2-6-14-26)38-30-16-8-10-18-34(30)40-36/h1-22,35-36H,23-24H2. The van der Waals surface area contributed by atoms with E-state index < -0.39 is 0 Å². The van der Waals surface area contributed by atoms with Gasteiger partial charge in [0.05, 0.1) is 11.4 Å². The van der Waals surface area contributed by atoms with Gasteiger partial charge in [0, 0.05) is 44.6 Å². The van der Waals surface area contributed by atoms with E-state index in [2.05, 4.69) is 133 Å². The second kappa shape index (κ2) is 11.3. The van der Waals surface area contributed by atoms with Crippen LogP contribution >= 0.6 is 23.5 Å². The van der Waals surface area contributed by atoms with Crippen molar-refractivity contribution in [1.29, 1.82) is 0 Å². The molecular formula is C36H28N2S2. The second-order valence-electron chi connectivity index (χ2n) is 10.1. The zero-order chi connectivity index (χ0) is 26.7. The van der Waals surface area contributed by atoms with Gasteiger partial charge in [0.2, 0.25) is 0 Å². The van der Waals surface area contributed by atoms with Crippen LogP contribution in [0.5, 0.6) is 0 Å². The predicted molar refractivity (Wildman–Crippen MR) is 171 cm³/mol. The first-order chi connectivity index (χ1) is 19.8. The van der Waals surface area contributed by atoms with E-state index >= 15 is 0 Å². The quantitative estimate of drug-likeness (QED) is 0.221. The Kier molecular flexibility index (Phi) is 7.11. The number of nitrogens with zero attached hydrogens (tertiary/aromatic N) is 2. The molecule has 2 nitrogen and oxygen atoms in total. The van der Waals surface area contributed by atoms with Crippen LogP contribution in [0.4, 0.5) is 11.4 Å². The Bertz CT molecular complexity index is 1560. The van der Waals surface area contributed by atoms with Crippen LogP contribution in [0.15, 0.2) is 153 Å². The molecular weight excluding hydrogens is 525 g/mol. The number of rotatable bonds is 4. The summed E-state index contributed by atoms with van der Waals surface area (Å²) in [7, 11) is 0. The molecule has 2 heterocycles. The van der Waals surface area contributed by atoms with Crippen LogP contribution < -0.4 is 0 Å². The van der Waals surface area contributed by atoms with Crippen LogP contribution in [0.2, 0.25) is 0 Å². The lowest BCUT2D eigenvalue weighted by Crippen LogP contribution is -2.07. The van der Waals surface area contributed by atoms with Crippen molar-refractivity contribution in [2.45, 2.75) is 33.1 Å². The first-order valence-corrected chi connectivity index (χ1v) is 15.4. The molecule has 0 amide bonds. The lowest BCUT2D eigenvalue weighted by molar-refractivity contribution is 0.982. The maximum absolute atomic E-state index is 5.12. The zero-order valence-electron chi connectivity index (χ0n) is 22.0. The highest BCUT2D eigenvalue weighted by atomic mass is 32.2. The number of hydrogen-bond donors (Lipinski definition) is 0. The Morgan fingerprint density at radius 1 is 0.425 bits per heavy atom. The molecule has 5 aromatic rings. The van der Waals surface area contributed by atoms with E-state index in [0.717, 1.165) is 35.6 Å². The van der Waals surface area contributed by atoms with Gasteiger partial charge in [-0.3, -0.25) is 9.98 Å². The Morgan fingerprint density at radius 3 is 1.23 bits per heavy atom. The molecule has 40 heavy (non-hydrogen) atoms. The summed E-state index contributed by atoms with van der Waals surface area (Å²) < 4.78 is 0. The van der Waals surface area contributed by atoms with Crippen LogP contribution in [-0.2, 0) is 0 Å². The third kappa shape index (κ3) is 5.30. The lowest BCUT2D eigenvalue weighted by atomic mass is 9.98. The number of hydrogen-bond acceptors (Lipinski definition) is 4. The number of thioether (sulfide) groups is 2. The van der Waals surface area contributed by atoms with Gasteiger partial charge in [-0.25, -0.2) is 0 Å². The highest BCUT2D eigenvalue weighted by Crippen LogP contribution is 2.48. The summed E-state index contributed by atoms with van der Waals surface area (Å²) in [5, 5.41) is 0.584. The molecule has 0 saturated carbocycles. The molecule has 0 fully saturated rings. The van der Waals surface area contributed by atoms with Crippen LogP contribution in [0.1, 0.15) is 45.6 Å². The van der Waals surface area contributed by atoms with Crippen LogP contribution in [0.3, 0.4) is 0 Å². The van der Waals surface area contributed by atoms with Crippen LogP contribution in [0.25, 0.3) is 0 Å². The van der Waals surface area contributed by atoms with E-state index in [1.54, 1.807) is 0 Å². The van der Waals surface area contributed by atoms with E-state index in [1.807, 2.05) is 23.5 Å². The smallest absolute Gasteiger partial charge is 0.0769 e. The lowest BCUT2D eigenvalue weighted by Gasteiger charge is -2.19. The molecule has 2 unspecified atom stereocenters. The maximum atomic E-state index is 5.12. The SMILES string of the molecule is c1ccc(C2=Nc3ccccc3SC(c3ccc(C4CC(c5ccccc5)=Nc5ccccc5S4)cc3)C2)cc1. The zero-order valence-corrected chi connectivity index (χ0v) is 23.6. The van der Waals surface area contributed by atoms with Gasteiger partial charge in [0.25, 0.3) is 0 Å². The van der Waals surface area contributed by atoms with Gasteiger partial charge >= 0.3 is 0 Å². The molecule has 5 aromatic carbocycles. The Hall–Kier alpha value is -3.86. The van der Waals surface area contributed by atoms with Crippen molar-refractivity contribution in [1.82, 2.24) is 0 Å². The minimum Gasteiger partial charge on any atom is -0.252 e. The van der Waals surface area contributed by atoms with Gasteiger partial charge in [-0.2, -0.15) is 0 Å². The first kappa shape index (κ1) is 25.1. The van der Waals surface area contributed by atoms with Crippen LogP contribution in [0, 0.1) is 0 Å². The summed E-state index contributed by atoms with van der Waals surface area (Å²) in [6.45, 7) is 0. The molecule has 0 aromatic heterocycles. The molecule has 2 aliphatic heterocycles. The van der Waals surface area contributed by atoms with Gasteiger partial charge in [0.1, 0.15) is 0 Å². The van der Waals surface area contributed by atoms with E-state index in [4.69, 9.17) is 9.98 Å². The Labute approximate surface area is 244 Å². The molecule has 0 spiro atoms. The fraction of sp³-hybridized carbons (Fsp3) is 0.111. The summed E-state index contributed by atoms with van der Waals surface area (Å²) in [4.78, 5) is 12.7. The topological polar surface area (TPSA) is 24.7 Å². The fourth-order valence-electron chi connectivity index (χ4n) is 5.34. The number of aliphatic imine (C=N–C) groups is 2. The maximum Gasteiger partial charge on any atom is 0.0769 e.